The zero-order valence-corrected chi connectivity index (χ0v) is 20.2. The number of nitro groups is 1. The molecule has 1 heterocycles. The lowest BCUT2D eigenvalue weighted by Crippen LogP contribution is -2.39. The third-order valence-electron chi connectivity index (χ3n) is 3.20. The lowest BCUT2D eigenvalue weighted by Gasteiger charge is -2.33. The summed E-state index contributed by atoms with van der Waals surface area (Å²) in [4.78, 5) is 9.52. The minimum atomic E-state index is -0.514. The third kappa shape index (κ3) is 10.4. The van der Waals surface area contributed by atoms with E-state index in [0.717, 1.165) is 19.4 Å². The van der Waals surface area contributed by atoms with Gasteiger partial charge in [-0.2, -0.15) is 0 Å². The van der Waals surface area contributed by atoms with Gasteiger partial charge in [0.05, 0.1) is 38.2 Å². The summed E-state index contributed by atoms with van der Waals surface area (Å²) in [5.74, 6) is 0.0330. The molecule has 1 aliphatic rings. The number of nitrogens with zero attached hydrogens (tertiary/aromatic N) is 1. The highest BCUT2D eigenvalue weighted by molar-refractivity contribution is 14.2. The largest absolute Gasteiger partial charge is 0.508 e. The molecular formula is C15H23I2NO5S2. The summed E-state index contributed by atoms with van der Waals surface area (Å²) >= 11 is 4.50. The third-order valence-corrected chi connectivity index (χ3v) is 6.77. The Morgan fingerprint density at radius 3 is 2.40 bits per heavy atom. The van der Waals surface area contributed by atoms with Crippen LogP contribution < -0.4 is 0 Å². The number of phenols is 1. The van der Waals surface area contributed by atoms with Crippen molar-refractivity contribution in [2.45, 2.75) is 51.1 Å². The molecule has 6 nitrogen and oxygen atoms in total. The summed E-state index contributed by atoms with van der Waals surface area (Å²) in [7, 11) is 3.25. The molecule has 25 heavy (non-hydrogen) atoms. The standard InChI is InChI=1S/C7H12I2O2S2.C6H5NO3.C2H6/c1-2-5-3-6(11-13-9)7(12-8)4-10-5;8-6-3-1-5(2-4-6)7(9)10;1-2/h5-7H,2-4H2,1H3;1-4,8H;1-2H3. The minimum Gasteiger partial charge on any atom is -0.508 e. The van der Waals surface area contributed by atoms with Crippen molar-refractivity contribution in [1.29, 1.82) is 0 Å². The Hall–Kier alpha value is 0.500. The molecule has 0 bridgehead atoms. The van der Waals surface area contributed by atoms with Crippen molar-refractivity contribution in [2.24, 2.45) is 0 Å². The first kappa shape index (κ1) is 25.5. The number of hydrogen-bond donors (Lipinski definition) is 1. The van der Waals surface area contributed by atoms with Gasteiger partial charge in [-0.3, -0.25) is 10.1 Å². The van der Waals surface area contributed by atoms with Crippen molar-refractivity contribution in [2.75, 3.05) is 6.61 Å². The van der Waals surface area contributed by atoms with E-state index in [-0.39, 0.29) is 11.4 Å². The predicted molar refractivity (Wildman–Crippen MR) is 123 cm³/mol. The maximum absolute atomic E-state index is 10.0. The number of aromatic hydroxyl groups is 1. The maximum atomic E-state index is 10.0. The molecule has 1 saturated heterocycles. The first-order valence-electron chi connectivity index (χ1n) is 7.78. The van der Waals surface area contributed by atoms with Gasteiger partial charge < -0.3 is 14.0 Å². The summed E-state index contributed by atoms with van der Waals surface area (Å²) < 4.78 is 11.3. The van der Waals surface area contributed by atoms with Gasteiger partial charge in [0.15, 0.2) is 0 Å². The van der Waals surface area contributed by atoms with Crippen LogP contribution in [0.3, 0.4) is 0 Å². The van der Waals surface area contributed by atoms with Crippen LogP contribution in [0.2, 0.25) is 0 Å². The Morgan fingerprint density at radius 2 is 1.96 bits per heavy atom. The van der Waals surface area contributed by atoms with Crippen LogP contribution in [-0.4, -0.2) is 34.1 Å². The SMILES string of the molecule is CC.CCC1CC(OSI)C(SI)CO1.O=[N+]([O-])c1ccc(O)cc1. The Labute approximate surface area is 181 Å². The van der Waals surface area contributed by atoms with Crippen LogP contribution in [0, 0.1) is 10.1 Å². The van der Waals surface area contributed by atoms with Crippen molar-refractivity contribution in [3.8, 4) is 5.75 Å². The van der Waals surface area contributed by atoms with Crippen LogP contribution in [0.5, 0.6) is 5.75 Å². The van der Waals surface area contributed by atoms with Gasteiger partial charge in [0, 0.05) is 39.8 Å². The topological polar surface area (TPSA) is 81.8 Å². The Balaban J connectivity index is 0.000000430. The van der Waals surface area contributed by atoms with Gasteiger partial charge in [0.25, 0.3) is 5.69 Å². The number of non-ortho nitro benzene ring substituents is 1. The van der Waals surface area contributed by atoms with Crippen molar-refractivity contribution in [3.63, 3.8) is 0 Å². The number of hydrogen-bond acceptors (Lipinski definition) is 7. The molecule has 1 aliphatic heterocycles. The Bertz CT molecular complexity index is 481. The quantitative estimate of drug-likeness (QED) is 0.179. The van der Waals surface area contributed by atoms with E-state index in [9.17, 15) is 10.1 Å². The molecule has 1 N–H and O–H groups in total. The second kappa shape index (κ2) is 15.5. The van der Waals surface area contributed by atoms with E-state index in [2.05, 4.69) is 49.3 Å². The van der Waals surface area contributed by atoms with Crippen LogP contribution in [0.15, 0.2) is 24.3 Å². The molecule has 0 spiro atoms. The molecule has 1 fully saturated rings. The van der Waals surface area contributed by atoms with Crippen LogP contribution >= 0.6 is 60.6 Å². The van der Waals surface area contributed by atoms with Crippen molar-refractivity contribution in [3.05, 3.63) is 34.4 Å². The molecule has 3 atom stereocenters. The van der Waals surface area contributed by atoms with E-state index in [1.165, 1.54) is 33.5 Å². The highest BCUT2D eigenvalue weighted by atomic mass is 127. The van der Waals surface area contributed by atoms with Gasteiger partial charge in [-0.1, -0.05) is 29.7 Å². The molecule has 3 unspecified atom stereocenters. The van der Waals surface area contributed by atoms with Crippen LogP contribution in [0.1, 0.15) is 33.6 Å². The Morgan fingerprint density at radius 1 is 1.36 bits per heavy atom. The fraction of sp³-hybridized carbons (Fsp3) is 0.600. The lowest BCUT2D eigenvalue weighted by molar-refractivity contribution is -0.384. The second-order valence-electron chi connectivity index (χ2n) is 4.70. The van der Waals surface area contributed by atoms with Crippen LogP contribution in [-0.2, 0) is 8.92 Å². The normalized spacial score (nSPS) is 22.0. The van der Waals surface area contributed by atoms with Crippen molar-refractivity contribution < 1.29 is 18.9 Å². The number of ether oxygens (including phenoxy) is 1. The molecule has 0 aliphatic carbocycles. The summed E-state index contributed by atoms with van der Waals surface area (Å²) in [5, 5.41) is 19.2. The zero-order valence-electron chi connectivity index (χ0n) is 14.3. The highest BCUT2D eigenvalue weighted by Gasteiger charge is 2.31. The van der Waals surface area contributed by atoms with E-state index in [0.29, 0.717) is 17.5 Å². The van der Waals surface area contributed by atoms with E-state index >= 15 is 0 Å². The summed E-state index contributed by atoms with van der Waals surface area (Å²) in [6.07, 6.45) is 2.87. The molecule has 1 aromatic carbocycles. The lowest BCUT2D eigenvalue weighted by atomic mass is 10.0. The van der Waals surface area contributed by atoms with Gasteiger partial charge in [-0.15, -0.1) is 0 Å². The van der Waals surface area contributed by atoms with Gasteiger partial charge in [0.1, 0.15) is 5.75 Å². The molecule has 1 aromatic rings. The number of phenolic OH excluding ortho intramolecular Hbond substituents is 1. The molecule has 0 radical (unpaired) electrons. The molecule has 10 heteroatoms. The average Bonchev–Trinajstić information content (AvgIpc) is 2.64. The number of nitro benzene ring substituents is 1. The minimum absolute atomic E-state index is 0.0159. The van der Waals surface area contributed by atoms with E-state index in [4.69, 9.17) is 14.0 Å². The van der Waals surface area contributed by atoms with E-state index in [1.807, 2.05) is 22.8 Å². The van der Waals surface area contributed by atoms with Crippen molar-refractivity contribution >= 4 is 66.2 Å². The molecule has 2 rings (SSSR count). The number of halogens is 2. The smallest absolute Gasteiger partial charge is 0.269 e. The monoisotopic (exact) mass is 615 g/mol. The summed E-state index contributed by atoms with van der Waals surface area (Å²) in [6, 6.07) is 5.04. The van der Waals surface area contributed by atoms with Crippen molar-refractivity contribution in [1.82, 2.24) is 0 Å². The molecular weight excluding hydrogens is 592 g/mol. The van der Waals surface area contributed by atoms with E-state index in [1.54, 1.807) is 0 Å². The van der Waals surface area contributed by atoms with Gasteiger partial charge in [0.2, 0.25) is 0 Å². The first-order chi connectivity index (χ1) is 12.0. The first-order valence-corrected chi connectivity index (χ1v) is 14.5. The summed E-state index contributed by atoms with van der Waals surface area (Å²) in [6.45, 7) is 6.99. The predicted octanol–water partition coefficient (Wildman–Crippen LogP) is 6.35. The molecule has 0 saturated carbocycles. The van der Waals surface area contributed by atoms with Gasteiger partial charge >= 0.3 is 0 Å². The van der Waals surface area contributed by atoms with Crippen LogP contribution in [0.25, 0.3) is 0 Å². The summed E-state index contributed by atoms with van der Waals surface area (Å²) in [5.41, 5.74) is -0.0159. The average molecular weight is 615 g/mol. The fourth-order valence-corrected chi connectivity index (χ4v) is 4.92. The van der Waals surface area contributed by atoms with Crippen LogP contribution in [0.4, 0.5) is 5.69 Å². The Kier molecular flexibility index (Phi) is 15.9. The molecule has 144 valence electrons. The highest BCUT2D eigenvalue weighted by Crippen LogP contribution is 2.34. The molecule has 0 amide bonds. The second-order valence-corrected chi connectivity index (χ2v) is 8.40. The number of rotatable bonds is 5. The zero-order chi connectivity index (χ0) is 19.2. The maximum Gasteiger partial charge on any atom is 0.269 e. The molecule has 0 aromatic heterocycles. The van der Waals surface area contributed by atoms with Gasteiger partial charge in [-0.05, 0) is 39.8 Å². The van der Waals surface area contributed by atoms with E-state index < -0.39 is 4.92 Å². The van der Waals surface area contributed by atoms with Gasteiger partial charge in [-0.25, -0.2) is 0 Å². The fourth-order valence-electron chi connectivity index (χ4n) is 1.91. The number of benzene rings is 1.